The van der Waals surface area contributed by atoms with Gasteiger partial charge in [-0.05, 0) is 24.5 Å². The molecule has 2 atom stereocenters. The van der Waals surface area contributed by atoms with E-state index in [4.69, 9.17) is 5.11 Å². The van der Waals surface area contributed by atoms with Crippen molar-refractivity contribution in [2.75, 3.05) is 6.54 Å². The summed E-state index contributed by atoms with van der Waals surface area (Å²) in [5.41, 5.74) is 0.824. The Hall–Kier alpha value is -2.17. The van der Waals surface area contributed by atoms with Gasteiger partial charge in [0.1, 0.15) is 0 Å². The van der Waals surface area contributed by atoms with Gasteiger partial charge in [0.25, 0.3) is 11.8 Å². The lowest BCUT2D eigenvalue weighted by Crippen LogP contribution is -2.32. The van der Waals surface area contributed by atoms with E-state index in [2.05, 4.69) is 0 Å². The Balaban J connectivity index is 1.79. The normalized spacial score (nSPS) is 25.2. The number of fused-ring (bicyclic) bond motifs is 1. The van der Waals surface area contributed by atoms with Crippen LogP contribution in [0.2, 0.25) is 0 Å². The van der Waals surface area contributed by atoms with Gasteiger partial charge in [0.15, 0.2) is 0 Å². The third-order valence-corrected chi connectivity index (χ3v) is 3.54. The smallest absolute Gasteiger partial charge is 0.306 e. The Morgan fingerprint density at radius 1 is 1.22 bits per heavy atom. The first kappa shape index (κ1) is 11.0. The molecule has 92 valence electrons. The van der Waals surface area contributed by atoms with Crippen LogP contribution in [-0.2, 0) is 4.79 Å². The maximum atomic E-state index is 12.0. The van der Waals surface area contributed by atoms with Crippen LogP contribution in [0.5, 0.6) is 0 Å². The molecule has 3 rings (SSSR count). The minimum atomic E-state index is -0.850. The van der Waals surface area contributed by atoms with Gasteiger partial charge in [-0.25, -0.2) is 0 Å². The molecule has 0 aromatic heterocycles. The summed E-state index contributed by atoms with van der Waals surface area (Å²) in [5.74, 6) is -1.98. The van der Waals surface area contributed by atoms with Gasteiger partial charge in [0.2, 0.25) is 0 Å². The van der Waals surface area contributed by atoms with Gasteiger partial charge in [-0.1, -0.05) is 12.1 Å². The number of rotatable bonds is 3. The Morgan fingerprint density at radius 2 is 1.78 bits per heavy atom. The summed E-state index contributed by atoms with van der Waals surface area (Å²) < 4.78 is 0. The van der Waals surface area contributed by atoms with Crippen molar-refractivity contribution in [1.29, 1.82) is 0 Å². The molecule has 1 fully saturated rings. The van der Waals surface area contributed by atoms with Crippen LogP contribution in [-0.4, -0.2) is 34.3 Å². The minimum Gasteiger partial charge on any atom is -0.481 e. The number of carbonyl (C=O) groups excluding carboxylic acids is 2. The van der Waals surface area contributed by atoms with Crippen molar-refractivity contribution in [1.82, 2.24) is 4.90 Å². The largest absolute Gasteiger partial charge is 0.481 e. The second-order valence-corrected chi connectivity index (χ2v) is 4.71. The van der Waals surface area contributed by atoms with Crippen LogP contribution in [0.15, 0.2) is 24.3 Å². The van der Waals surface area contributed by atoms with Crippen molar-refractivity contribution in [3.63, 3.8) is 0 Å². The SMILES string of the molecule is O=C(O)[C@@H]1C[C@@H]1CN1C(=O)c2ccccc2C1=O. The number of carboxylic acids is 1. The standard InChI is InChI=1S/C13H11NO4/c15-11-8-3-1-2-4-9(8)12(16)14(11)6-7-5-10(7)13(17)18/h1-4,7,10H,5-6H2,(H,17,18)/t7-,10-/m1/s1. The van der Waals surface area contributed by atoms with Crippen LogP contribution < -0.4 is 0 Å². The topological polar surface area (TPSA) is 74.7 Å². The molecule has 5 heteroatoms. The lowest BCUT2D eigenvalue weighted by molar-refractivity contribution is -0.138. The second kappa shape index (κ2) is 3.66. The fraction of sp³-hybridized carbons (Fsp3) is 0.308. The summed E-state index contributed by atoms with van der Waals surface area (Å²) in [4.78, 5) is 35.9. The molecule has 2 aliphatic rings. The van der Waals surface area contributed by atoms with Gasteiger partial charge in [0.05, 0.1) is 17.0 Å². The summed E-state index contributed by atoms with van der Waals surface area (Å²) in [6.07, 6.45) is 0.544. The summed E-state index contributed by atoms with van der Waals surface area (Å²) in [7, 11) is 0. The molecule has 0 unspecified atom stereocenters. The van der Waals surface area contributed by atoms with E-state index < -0.39 is 11.9 Å². The van der Waals surface area contributed by atoms with Gasteiger partial charge in [-0.2, -0.15) is 0 Å². The van der Waals surface area contributed by atoms with Gasteiger partial charge in [0, 0.05) is 6.54 Å². The molecular formula is C13H11NO4. The second-order valence-electron chi connectivity index (χ2n) is 4.71. The van der Waals surface area contributed by atoms with E-state index >= 15 is 0 Å². The zero-order valence-electron chi connectivity index (χ0n) is 9.50. The number of aliphatic carboxylic acids is 1. The maximum absolute atomic E-state index is 12.0. The van der Waals surface area contributed by atoms with Crippen LogP contribution in [0.4, 0.5) is 0 Å². The van der Waals surface area contributed by atoms with Crippen LogP contribution >= 0.6 is 0 Å². The number of carbonyl (C=O) groups is 3. The fourth-order valence-electron chi connectivity index (χ4n) is 2.39. The molecule has 18 heavy (non-hydrogen) atoms. The number of hydrogen-bond acceptors (Lipinski definition) is 3. The van der Waals surface area contributed by atoms with E-state index in [1.807, 2.05) is 0 Å². The van der Waals surface area contributed by atoms with Crippen molar-refractivity contribution in [3.8, 4) is 0 Å². The molecule has 0 spiro atoms. The summed E-state index contributed by atoms with van der Waals surface area (Å²) >= 11 is 0. The summed E-state index contributed by atoms with van der Waals surface area (Å²) in [6, 6.07) is 6.67. The molecule has 1 heterocycles. The molecule has 2 amide bonds. The number of amides is 2. The Bertz CT molecular complexity index is 531. The molecular weight excluding hydrogens is 234 g/mol. The highest BCUT2D eigenvalue weighted by Crippen LogP contribution is 2.40. The molecule has 0 radical (unpaired) electrons. The zero-order chi connectivity index (χ0) is 12.9. The molecule has 1 saturated carbocycles. The maximum Gasteiger partial charge on any atom is 0.306 e. The average molecular weight is 245 g/mol. The third-order valence-electron chi connectivity index (χ3n) is 3.54. The molecule has 5 nitrogen and oxygen atoms in total. The molecule has 0 bridgehead atoms. The van der Waals surface area contributed by atoms with Crippen molar-refractivity contribution < 1.29 is 19.5 Å². The highest BCUT2D eigenvalue weighted by Gasteiger charge is 2.47. The summed E-state index contributed by atoms with van der Waals surface area (Å²) in [5, 5.41) is 8.81. The van der Waals surface area contributed by atoms with Crippen molar-refractivity contribution in [2.45, 2.75) is 6.42 Å². The summed E-state index contributed by atoms with van der Waals surface area (Å²) in [6.45, 7) is 0.212. The van der Waals surface area contributed by atoms with Crippen molar-refractivity contribution in [2.24, 2.45) is 11.8 Å². The van der Waals surface area contributed by atoms with Gasteiger partial charge in [-0.3, -0.25) is 19.3 Å². The first-order valence-electron chi connectivity index (χ1n) is 5.77. The number of carboxylic acid groups (broad SMARTS) is 1. The van der Waals surface area contributed by atoms with Gasteiger partial charge >= 0.3 is 5.97 Å². The van der Waals surface area contributed by atoms with E-state index in [0.29, 0.717) is 17.5 Å². The molecule has 1 N–H and O–H groups in total. The van der Waals surface area contributed by atoms with Crippen LogP contribution in [0.25, 0.3) is 0 Å². The highest BCUT2D eigenvalue weighted by atomic mass is 16.4. The molecule has 1 aliphatic carbocycles. The quantitative estimate of drug-likeness (QED) is 0.806. The van der Waals surface area contributed by atoms with Gasteiger partial charge < -0.3 is 5.11 Å². The molecule has 1 aromatic rings. The van der Waals surface area contributed by atoms with E-state index in [-0.39, 0.29) is 24.3 Å². The minimum absolute atomic E-state index is 0.0929. The van der Waals surface area contributed by atoms with Crippen LogP contribution in [0, 0.1) is 11.8 Å². The molecule has 0 saturated heterocycles. The van der Waals surface area contributed by atoms with Crippen molar-refractivity contribution >= 4 is 17.8 Å². The van der Waals surface area contributed by atoms with E-state index in [9.17, 15) is 14.4 Å². The van der Waals surface area contributed by atoms with Crippen LogP contribution in [0.1, 0.15) is 27.1 Å². The Morgan fingerprint density at radius 3 is 2.22 bits per heavy atom. The van der Waals surface area contributed by atoms with Crippen molar-refractivity contribution in [3.05, 3.63) is 35.4 Å². The zero-order valence-corrected chi connectivity index (χ0v) is 9.50. The molecule has 1 aliphatic heterocycles. The first-order valence-corrected chi connectivity index (χ1v) is 5.77. The monoisotopic (exact) mass is 245 g/mol. The lowest BCUT2D eigenvalue weighted by atomic mass is 10.1. The predicted octanol–water partition coefficient (Wildman–Crippen LogP) is 1.00. The molecule has 1 aromatic carbocycles. The Kier molecular flexibility index (Phi) is 2.23. The van der Waals surface area contributed by atoms with Crippen LogP contribution in [0.3, 0.4) is 0 Å². The average Bonchev–Trinajstić information content (AvgIpc) is 3.09. The van der Waals surface area contributed by atoms with E-state index in [0.717, 1.165) is 4.90 Å². The number of benzene rings is 1. The fourth-order valence-corrected chi connectivity index (χ4v) is 2.39. The van der Waals surface area contributed by atoms with E-state index in [1.54, 1.807) is 24.3 Å². The number of imide groups is 1. The highest BCUT2D eigenvalue weighted by molar-refractivity contribution is 6.21. The lowest BCUT2D eigenvalue weighted by Gasteiger charge is -2.12. The number of nitrogens with zero attached hydrogens (tertiary/aromatic N) is 1. The first-order chi connectivity index (χ1) is 8.59. The predicted molar refractivity (Wildman–Crippen MR) is 61.0 cm³/mol. The Labute approximate surface area is 103 Å². The van der Waals surface area contributed by atoms with Gasteiger partial charge in [-0.15, -0.1) is 0 Å². The third kappa shape index (κ3) is 1.51. The van der Waals surface area contributed by atoms with E-state index in [1.165, 1.54) is 0 Å². The number of hydrogen-bond donors (Lipinski definition) is 1.